The first kappa shape index (κ1) is 15.1. The van der Waals surface area contributed by atoms with Gasteiger partial charge in [0.05, 0.1) is 27.4 Å². The first-order valence-corrected chi connectivity index (χ1v) is 6.42. The van der Waals surface area contributed by atoms with Crippen LogP contribution < -0.4 is 4.74 Å². The van der Waals surface area contributed by atoms with Crippen molar-refractivity contribution in [1.29, 1.82) is 0 Å². The molecule has 21 heavy (non-hydrogen) atoms. The van der Waals surface area contributed by atoms with E-state index in [4.69, 9.17) is 9.47 Å². The van der Waals surface area contributed by atoms with Crippen LogP contribution in [0.5, 0.6) is 11.5 Å². The molecule has 7 nitrogen and oxygen atoms in total. The summed E-state index contributed by atoms with van der Waals surface area (Å²) in [6.45, 7) is 0.729. The van der Waals surface area contributed by atoms with Crippen molar-refractivity contribution in [3.05, 3.63) is 23.8 Å². The highest BCUT2D eigenvalue weighted by molar-refractivity contribution is 5.97. The molecular weight excluding hydrogens is 278 g/mol. The standard InChI is InChI=1S/C14H17NO6/c1-19-12-4-3-9(7-11(12)16)13(17)15-5-6-21-8-10(15)14(18)20-2/h3-4,7,10,16H,5-6,8H2,1-2H3. The van der Waals surface area contributed by atoms with E-state index in [1.54, 1.807) is 0 Å². The molecule has 0 radical (unpaired) electrons. The number of esters is 1. The number of phenols is 1. The fourth-order valence-corrected chi connectivity index (χ4v) is 2.17. The first-order valence-electron chi connectivity index (χ1n) is 6.42. The van der Waals surface area contributed by atoms with E-state index in [9.17, 15) is 14.7 Å². The molecular formula is C14H17NO6. The van der Waals surface area contributed by atoms with Gasteiger partial charge in [0.15, 0.2) is 17.5 Å². The van der Waals surface area contributed by atoms with E-state index >= 15 is 0 Å². The normalized spacial score (nSPS) is 18.2. The van der Waals surface area contributed by atoms with E-state index in [0.29, 0.717) is 6.61 Å². The zero-order chi connectivity index (χ0) is 15.4. The van der Waals surface area contributed by atoms with Crippen molar-refractivity contribution in [1.82, 2.24) is 4.90 Å². The molecule has 1 fully saturated rings. The van der Waals surface area contributed by atoms with Gasteiger partial charge in [-0.25, -0.2) is 4.79 Å². The Hall–Kier alpha value is -2.28. The van der Waals surface area contributed by atoms with Crippen LogP contribution in [0.15, 0.2) is 18.2 Å². The summed E-state index contributed by atoms with van der Waals surface area (Å²) >= 11 is 0. The molecule has 0 aliphatic carbocycles. The largest absolute Gasteiger partial charge is 0.504 e. The maximum absolute atomic E-state index is 12.5. The van der Waals surface area contributed by atoms with Gasteiger partial charge in [0.25, 0.3) is 5.91 Å². The molecule has 114 valence electrons. The molecule has 1 heterocycles. The summed E-state index contributed by atoms with van der Waals surface area (Å²) in [5.74, 6) is -0.753. The summed E-state index contributed by atoms with van der Waals surface area (Å²) in [7, 11) is 2.69. The third kappa shape index (κ3) is 3.08. The van der Waals surface area contributed by atoms with E-state index in [1.165, 1.54) is 37.3 Å². The number of morpholine rings is 1. The van der Waals surface area contributed by atoms with E-state index in [0.717, 1.165) is 0 Å². The Bertz CT molecular complexity index is 544. The van der Waals surface area contributed by atoms with Crippen LogP contribution in [0.25, 0.3) is 0 Å². The smallest absolute Gasteiger partial charge is 0.331 e. The van der Waals surface area contributed by atoms with Gasteiger partial charge in [-0.2, -0.15) is 0 Å². The van der Waals surface area contributed by atoms with Gasteiger partial charge in [0.2, 0.25) is 0 Å². The second kappa shape index (κ2) is 6.45. The molecule has 0 saturated carbocycles. The number of ether oxygens (including phenoxy) is 3. The van der Waals surface area contributed by atoms with E-state index in [1.807, 2.05) is 0 Å². The van der Waals surface area contributed by atoms with Crippen LogP contribution in [0, 0.1) is 0 Å². The quantitative estimate of drug-likeness (QED) is 0.813. The van der Waals surface area contributed by atoms with Crippen molar-refractivity contribution < 1.29 is 28.9 Å². The topological polar surface area (TPSA) is 85.3 Å². The monoisotopic (exact) mass is 295 g/mol. The fourth-order valence-electron chi connectivity index (χ4n) is 2.17. The average molecular weight is 295 g/mol. The van der Waals surface area contributed by atoms with Crippen LogP contribution in [-0.4, -0.2) is 61.9 Å². The van der Waals surface area contributed by atoms with Gasteiger partial charge >= 0.3 is 5.97 Å². The van der Waals surface area contributed by atoms with Gasteiger partial charge in [-0.05, 0) is 18.2 Å². The zero-order valence-corrected chi connectivity index (χ0v) is 11.9. The van der Waals surface area contributed by atoms with Crippen LogP contribution in [0.4, 0.5) is 0 Å². The number of carbonyl (C=O) groups is 2. The summed E-state index contributed by atoms with van der Waals surface area (Å²) in [6.07, 6.45) is 0. The lowest BCUT2D eigenvalue weighted by atomic mass is 10.1. The second-order valence-corrected chi connectivity index (χ2v) is 4.50. The number of aromatic hydroxyl groups is 1. The molecule has 1 atom stereocenters. The van der Waals surface area contributed by atoms with E-state index in [-0.39, 0.29) is 36.1 Å². The number of phenolic OH excluding ortho intramolecular Hbond substituents is 1. The minimum absolute atomic E-state index is 0.0978. The maximum atomic E-state index is 12.5. The van der Waals surface area contributed by atoms with Crippen LogP contribution in [0.3, 0.4) is 0 Å². The lowest BCUT2D eigenvalue weighted by molar-refractivity contribution is -0.151. The highest BCUT2D eigenvalue weighted by Gasteiger charge is 2.34. The number of hydrogen-bond donors (Lipinski definition) is 1. The van der Waals surface area contributed by atoms with E-state index in [2.05, 4.69) is 4.74 Å². The minimum atomic E-state index is -0.777. The molecule has 0 spiro atoms. The Labute approximate surface area is 122 Å². The summed E-state index contributed by atoms with van der Waals surface area (Å²) in [5, 5.41) is 9.75. The van der Waals surface area contributed by atoms with Crippen LogP contribution in [0.1, 0.15) is 10.4 Å². The summed E-state index contributed by atoms with van der Waals surface area (Å²) < 4.78 is 14.8. The SMILES string of the molecule is COC(=O)C1COCCN1C(=O)c1ccc(OC)c(O)c1. The molecule has 2 rings (SSSR count). The number of carbonyl (C=O) groups excluding carboxylic acids is 2. The Kier molecular flexibility index (Phi) is 4.64. The maximum Gasteiger partial charge on any atom is 0.331 e. The molecule has 1 unspecified atom stereocenters. The molecule has 1 aromatic rings. The molecule has 1 saturated heterocycles. The van der Waals surface area contributed by atoms with Gasteiger partial charge in [0, 0.05) is 12.1 Å². The van der Waals surface area contributed by atoms with Crippen molar-refractivity contribution in [3.63, 3.8) is 0 Å². The van der Waals surface area contributed by atoms with Crippen molar-refractivity contribution in [2.24, 2.45) is 0 Å². The Morgan fingerprint density at radius 2 is 2.14 bits per heavy atom. The summed E-state index contributed by atoms with van der Waals surface area (Å²) in [6, 6.07) is 3.56. The predicted octanol–water partition coefficient (Wildman–Crippen LogP) is 0.415. The van der Waals surface area contributed by atoms with Gasteiger partial charge in [-0.1, -0.05) is 0 Å². The molecule has 1 amide bonds. The lowest BCUT2D eigenvalue weighted by Crippen LogP contribution is -2.53. The number of hydrogen-bond acceptors (Lipinski definition) is 6. The third-order valence-corrected chi connectivity index (χ3v) is 3.29. The number of methoxy groups -OCH3 is 2. The average Bonchev–Trinajstić information content (AvgIpc) is 2.53. The molecule has 0 aromatic heterocycles. The van der Waals surface area contributed by atoms with Gasteiger partial charge in [-0.15, -0.1) is 0 Å². The molecule has 7 heteroatoms. The number of rotatable bonds is 3. The number of benzene rings is 1. The number of amides is 1. The molecule has 1 aliphatic heterocycles. The molecule has 1 N–H and O–H groups in total. The van der Waals surface area contributed by atoms with Gasteiger partial charge in [-0.3, -0.25) is 4.79 Å². The third-order valence-electron chi connectivity index (χ3n) is 3.29. The lowest BCUT2D eigenvalue weighted by Gasteiger charge is -2.33. The Morgan fingerprint density at radius 3 is 2.76 bits per heavy atom. The highest BCUT2D eigenvalue weighted by Crippen LogP contribution is 2.27. The second-order valence-electron chi connectivity index (χ2n) is 4.50. The molecule has 1 aromatic carbocycles. The van der Waals surface area contributed by atoms with Gasteiger partial charge < -0.3 is 24.2 Å². The molecule has 0 bridgehead atoms. The van der Waals surface area contributed by atoms with Gasteiger partial charge in [0.1, 0.15) is 0 Å². The fraction of sp³-hybridized carbons (Fsp3) is 0.429. The van der Waals surface area contributed by atoms with Crippen LogP contribution >= 0.6 is 0 Å². The predicted molar refractivity (Wildman–Crippen MR) is 72.3 cm³/mol. The van der Waals surface area contributed by atoms with Crippen molar-refractivity contribution in [2.75, 3.05) is 34.0 Å². The van der Waals surface area contributed by atoms with Crippen molar-refractivity contribution in [3.8, 4) is 11.5 Å². The Morgan fingerprint density at radius 1 is 1.38 bits per heavy atom. The minimum Gasteiger partial charge on any atom is -0.504 e. The van der Waals surface area contributed by atoms with Crippen molar-refractivity contribution in [2.45, 2.75) is 6.04 Å². The molecule has 1 aliphatic rings. The van der Waals surface area contributed by atoms with Crippen molar-refractivity contribution >= 4 is 11.9 Å². The summed E-state index contributed by atoms with van der Waals surface area (Å²) in [5.41, 5.74) is 0.268. The highest BCUT2D eigenvalue weighted by atomic mass is 16.5. The van der Waals surface area contributed by atoms with Crippen LogP contribution in [-0.2, 0) is 14.3 Å². The Balaban J connectivity index is 2.24. The number of nitrogens with zero attached hydrogens (tertiary/aromatic N) is 1. The van der Waals surface area contributed by atoms with Crippen LogP contribution in [0.2, 0.25) is 0 Å². The first-order chi connectivity index (χ1) is 10.1. The zero-order valence-electron chi connectivity index (χ0n) is 11.9. The summed E-state index contributed by atoms with van der Waals surface area (Å²) in [4.78, 5) is 25.6. The van der Waals surface area contributed by atoms with E-state index < -0.39 is 12.0 Å².